The van der Waals surface area contributed by atoms with E-state index >= 15 is 0 Å². The van der Waals surface area contributed by atoms with Gasteiger partial charge in [-0.3, -0.25) is 4.55 Å². The number of hydrogen-bond donors (Lipinski definition) is 2. The third-order valence-corrected chi connectivity index (χ3v) is 4.44. The molecule has 2 heterocycles. The van der Waals surface area contributed by atoms with Gasteiger partial charge < -0.3 is 10.0 Å². The smallest absolute Gasteiger partial charge is 0.364 e. The molecular weight excluding hydrogens is 288 g/mol. The molecule has 1 saturated heterocycles. The van der Waals surface area contributed by atoms with Crippen LogP contribution in [0.5, 0.6) is 0 Å². The van der Waals surface area contributed by atoms with Crippen LogP contribution in [0.1, 0.15) is 23.2 Å². The van der Waals surface area contributed by atoms with E-state index in [9.17, 15) is 27.7 Å². The third-order valence-electron chi connectivity index (χ3n) is 3.53. The molecule has 8 nitrogen and oxygen atoms in total. The minimum atomic E-state index is -4.75. The van der Waals surface area contributed by atoms with E-state index in [4.69, 9.17) is 0 Å². The normalized spacial score (nSPS) is 24.8. The van der Waals surface area contributed by atoms with Crippen LogP contribution in [0.15, 0.2) is 24.3 Å². The van der Waals surface area contributed by atoms with Crippen LogP contribution >= 0.6 is 0 Å². The van der Waals surface area contributed by atoms with Crippen LogP contribution in [0.3, 0.4) is 0 Å². The van der Waals surface area contributed by atoms with Crippen molar-refractivity contribution in [3.05, 3.63) is 35.4 Å². The molecule has 0 aliphatic carbocycles. The summed E-state index contributed by atoms with van der Waals surface area (Å²) in [6.07, 6.45) is 0. The number of carbonyl (C=O) groups is 2. The number of nitrogens with zero attached hydrogens (tertiary/aromatic N) is 2. The minimum absolute atomic E-state index is 0.0907. The number of rotatable bonds is 2. The lowest BCUT2D eigenvalue weighted by molar-refractivity contribution is -0.142. The molecule has 1 aromatic rings. The molecule has 106 valence electrons. The number of benzene rings is 1. The summed E-state index contributed by atoms with van der Waals surface area (Å²) >= 11 is 0. The zero-order chi connectivity index (χ0) is 14.7. The fourth-order valence-electron chi connectivity index (χ4n) is 2.80. The van der Waals surface area contributed by atoms with Crippen LogP contribution in [0.25, 0.3) is 0 Å². The van der Waals surface area contributed by atoms with E-state index in [0.29, 0.717) is 15.4 Å². The summed E-state index contributed by atoms with van der Waals surface area (Å²) in [5.74, 6) is -1.25. The Bertz CT molecular complexity index is 715. The number of carbonyl (C=O) groups excluding carboxylic acids is 1. The molecule has 9 heteroatoms. The highest BCUT2D eigenvalue weighted by Gasteiger charge is 2.53. The molecule has 2 bridgehead atoms. The predicted octanol–water partition coefficient (Wildman–Crippen LogP) is 0.407. The quantitative estimate of drug-likeness (QED) is 0.764. The summed E-state index contributed by atoms with van der Waals surface area (Å²) in [5, 5.41) is 9.29. The van der Waals surface area contributed by atoms with Gasteiger partial charge in [-0.1, -0.05) is 24.3 Å². The molecule has 20 heavy (non-hydrogen) atoms. The summed E-state index contributed by atoms with van der Waals surface area (Å²) in [5.41, 5.74) is 0.773. The van der Waals surface area contributed by atoms with Gasteiger partial charge in [0.05, 0.1) is 6.04 Å². The Labute approximate surface area is 114 Å². The van der Waals surface area contributed by atoms with Gasteiger partial charge in [-0.05, 0) is 11.1 Å². The molecule has 2 aliphatic heterocycles. The SMILES string of the molecule is O=C(O)C1c2ccccc2[C@@H]2CN1C(=O)N2S(=O)(=O)O. The molecule has 2 amide bonds. The third kappa shape index (κ3) is 1.60. The second kappa shape index (κ2) is 3.93. The minimum Gasteiger partial charge on any atom is -0.479 e. The Kier molecular flexibility index (Phi) is 2.53. The topological polar surface area (TPSA) is 115 Å². The number of hydrogen-bond acceptors (Lipinski definition) is 4. The average molecular weight is 298 g/mol. The van der Waals surface area contributed by atoms with Crippen LogP contribution < -0.4 is 0 Å². The summed E-state index contributed by atoms with van der Waals surface area (Å²) in [6.45, 7) is -0.0907. The number of carboxylic acids is 1. The first-order valence-electron chi connectivity index (χ1n) is 5.71. The lowest BCUT2D eigenvalue weighted by Gasteiger charge is -2.29. The first-order valence-corrected chi connectivity index (χ1v) is 7.11. The van der Waals surface area contributed by atoms with Crippen molar-refractivity contribution in [3.8, 4) is 0 Å². The summed E-state index contributed by atoms with van der Waals surface area (Å²) in [6, 6.07) is 3.16. The van der Waals surface area contributed by atoms with E-state index in [-0.39, 0.29) is 6.54 Å². The zero-order valence-corrected chi connectivity index (χ0v) is 10.8. The van der Waals surface area contributed by atoms with E-state index in [1.54, 1.807) is 18.2 Å². The van der Waals surface area contributed by atoms with Gasteiger partial charge in [0.15, 0.2) is 6.04 Å². The summed E-state index contributed by atoms with van der Waals surface area (Å²) < 4.78 is 32.2. The molecule has 0 spiro atoms. The number of urea groups is 1. The molecule has 2 atom stereocenters. The van der Waals surface area contributed by atoms with Crippen molar-refractivity contribution in [1.29, 1.82) is 0 Å². The van der Waals surface area contributed by atoms with Crippen LogP contribution in [0, 0.1) is 0 Å². The van der Waals surface area contributed by atoms with Crippen LogP contribution in [-0.4, -0.2) is 45.8 Å². The number of amides is 2. The Morgan fingerprint density at radius 3 is 2.40 bits per heavy atom. The van der Waals surface area contributed by atoms with Crippen molar-refractivity contribution in [3.63, 3.8) is 0 Å². The monoisotopic (exact) mass is 298 g/mol. The molecule has 0 radical (unpaired) electrons. The van der Waals surface area contributed by atoms with Gasteiger partial charge in [-0.2, -0.15) is 12.7 Å². The van der Waals surface area contributed by atoms with Crippen molar-refractivity contribution in [2.75, 3.05) is 6.54 Å². The highest BCUT2D eigenvalue weighted by Crippen LogP contribution is 2.44. The van der Waals surface area contributed by atoms with E-state index in [0.717, 1.165) is 4.90 Å². The van der Waals surface area contributed by atoms with Gasteiger partial charge in [0, 0.05) is 6.54 Å². The van der Waals surface area contributed by atoms with Gasteiger partial charge >= 0.3 is 22.3 Å². The lowest BCUT2D eigenvalue weighted by atomic mass is 9.91. The van der Waals surface area contributed by atoms with Gasteiger partial charge in [0.1, 0.15) is 0 Å². The van der Waals surface area contributed by atoms with Crippen molar-refractivity contribution in [1.82, 2.24) is 9.21 Å². The zero-order valence-electron chi connectivity index (χ0n) is 10.0. The molecular formula is C11H10N2O6S. The van der Waals surface area contributed by atoms with E-state index in [2.05, 4.69) is 0 Å². The standard InChI is InChI=1S/C11H10N2O6S/c14-10(15)9-7-4-2-1-3-6(7)8-5-12(9)11(16)13(8)20(17,18)19/h1-4,8-9H,5H2,(H,14,15)(H,17,18,19)/t8-,9?/m0/s1. The second-order valence-electron chi connectivity index (χ2n) is 4.59. The number of carboxylic acid groups (broad SMARTS) is 1. The molecule has 3 rings (SSSR count). The molecule has 2 N–H and O–H groups in total. The van der Waals surface area contributed by atoms with Crippen molar-refractivity contribution in [2.45, 2.75) is 12.1 Å². The highest BCUT2D eigenvalue weighted by atomic mass is 32.2. The first kappa shape index (κ1) is 12.9. The molecule has 1 fully saturated rings. The molecule has 0 saturated carbocycles. The maximum absolute atomic E-state index is 12.1. The van der Waals surface area contributed by atoms with E-state index in [1.165, 1.54) is 6.07 Å². The van der Waals surface area contributed by atoms with Crippen molar-refractivity contribution >= 4 is 22.3 Å². The first-order chi connectivity index (χ1) is 9.32. The summed E-state index contributed by atoms with van der Waals surface area (Å²) in [7, 11) is -4.75. The predicted molar refractivity (Wildman–Crippen MR) is 65.0 cm³/mol. The lowest BCUT2D eigenvalue weighted by Crippen LogP contribution is -2.39. The maximum Gasteiger partial charge on any atom is 0.364 e. The van der Waals surface area contributed by atoms with Crippen LogP contribution in [-0.2, 0) is 15.1 Å². The fourth-order valence-corrected chi connectivity index (χ4v) is 3.60. The molecule has 2 aliphatic rings. The number of aliphatic carboxylic acids is 1. The molecule has 1 aromatic carbocycles. The Morgan fingerprint density at radius 2 is 1.85 bits per heavy atom. The molecule has 0 aromatic heterocycles. The van der Waals surface area contributed by atoms with Crippen LogP contribution in [0.2, 0.25) is 0 Å². The van der Waals surface area contributed by atoms with E-state index in [1.807, 2.05) is 0 Å². The molecule has 1 unspecified atom stereocenters. The van der Waals surface area contributed by atoms with Gasteiger partial charge in [-0.15, -0.1) is 0 Å². The van der Waals surface area contributed by atoms with Crippen molar-refractivity contribution < 1.29 is 27.7 Å². The highest BCUT2D eigenvalue weighted by molar-refractivity contribution is 7.84. The van der Waals surface area contributed by atoms with Gasteiger partial charge in [0.2, 0.25) is 0 Å². The van der Waals surface area contributed by atoms with Gasteiger partial charge in [0.25, 0.3) is 0 Å². The van der Waals surface area contributed by atoms with Crippen LogP contribution in [0.4, 0.5) is 4.79 Å². The Morgan fingerprint density at radius 1 is 1.25 bits per heavy atom. The second-order valence-corrected chi connectivity index (χ2v) is 5.88. The van der Waals surface area contributed by atoms with E-state index < -0.39 is 34.4 Å². The Hall–Kier alpha value is -2.13. The maximum atomic E-state index is 12.1. The largest absolute Gasteiger partial charge is 0.479 e. The number of fused-ring (bicyclic) bond motifs is 4. The van der Waals surface area contributed by atoms with Crippen molar-refractivity contribution in [2.24, 2.45) is 0 Å². The summed E-state index contributed by atoms with van der Waals surface area (Å²) in [4.78, 5) is 24.4. The fraction of sp³-hybridized carbons (Fsp3) is 0.273. The van der Waals surface area contributed by atoms with Gasteiger partial charge in [-0.25, -0.2) is 9.59 Å². The Balaban J connectivity index is 2.24. The average Bonchev–Trinajstić information content (AvgIpc) is 2.63.